The molecule has 2 N–H and O–H groups in total. The molecule has 0 atom stereocenters. The Hall–Kier alpha value is -3.34. The van der Waals surface area contributed by atoms with E-state index in [0.29, 0.717) is 18.5 Å². The molecule has 0 radical (unpaired) electrons. The zero-order valence-electron chi connectivity index (χ0n) is 16.6. The van der Waals surface area contributed by atoms with E-state index in [9.17, 15) is 14.7 Å². The molecule has 0 aliphatic heterocycles. The molecule has 5 heteroatoms. The first kappa shape index (κ1) is 20.4. The summed E-state index contributed by atoms with van der Waals surface area (Å²) in [5.74, 6) is -0.351. The van der Waals surface area contributed by atoms with E-state index in [2.05, 4.69) is 5.32 Å². The van der Waals surface area contributed by atoms with Crippen molar-refractivity contribution in [3.63, 3.8) is 0 Å². The standard InChI is InChI=1S/C24H25NO4/c1-16(2)29-22-13-11-17-7-3-5-9-19(17)21(22)15-25-23(26)14-12-18-8-4-6-10-20(18)24(27)28/h3-11,13,16H,12,14-15H2,1-2H3,(H,25,26)(H,27,28). The van der Waals surface area contributed by atoms with E-state index in [1.165, 1.54) is 0 Å². The highest BCUT2D eigenvalue weighted by atomic mass is 16.5. The molecule has 3 aromatic carbocycles. The van der Waals surface area contributed by atoms with Crippen molar-refractivity contribution in [3.05, 3.63) is 77.4 Å². The smallest absolute Gasteiger partial charge is 0.335 e. The lowest BCUT2D eigenvalue weighted by molar-refractivity contribution is -0.121. The Balaban J connectivity index is 1.71. The average molecular weight is 391 g/mol. The van der Waals surface area contributed by atoms with E-state index in [1.54, 1.807) is 24.3 Å². The van der Waals surface area contributed by atoms with Crippen molar-refractivity contribution in [1.29, 1.82) is 0 Å². The molecule has 29 heavy (non-hydrogen) atoms. The Bertz CT molecular complexity index is 1030. The molecule has 0 fully saturated rings. The first-order valence-corrected chi connectivity index (χ1v) is 9.71. The Labute approximate surface area is 170 Å². The summed E-state index contributed by atoms with van der Waals surface area (Å²) in [6.07, 6.45) is 0.618. The minimum atomic E-state index is -0.979. The summed E-state index contributed by atoms with van der Waals surface area (Å²) in [4.78, 5) is 23.8. The predicted octanol–water partition coefficient (Wildman–Crippen LogP) is 4.57. The number of aromatic carboxylic acids is 1. The van der Waals surface area contributed by atoms with Gasteiger partial charge >= 0.3 is 5.97 Å². The molecular weight excluding hydrogens is 366 g/mol. The molecule has 5 nitrogen and oxygen atoms in total. The zero-order valence-corrected chi connectivity index (χ0v) is 16.6. The van der Waals surface area contributed by atoms with Crippen molar-refractivity contribution < 1.29 is 19.4 Å². The second kappa shape index (κ2) is 9.24. The summed E-state index contributed by atoms with van der Waals surface area (Å²) >= 11 is 0. The molecule has 150 valence electrons. The van der Waals surface area contributed by atoms with Gasteiger partial charge in [-0.2, -0.15) is 0 Å². The molecule has 3 aromatic rings. The number of carboxylic acid groups (broad SMARTS) is 1. The van der Waals surface area contributed by atoms with Gasteiger partial charge in [-0.05, 0) is 48.7 Å². The molecular formula is C24H25NO4. The van der Waals surface area contributed by atoms with Gasteiger partial charge in [0.25, 0.3) is 0 Å². The fraction of sp³-hybridized carbons (Fsp3) is 0.250. The van der Waals surface area contributed by atoms with E-state index < -0.39 is 5.97 Å². The SMILES string of the molecule is CC(C)Oc1ccc2ccccc2c1CNC(=O)CCc1ccccc1C(=O)O. The number of nitrogens with one attached hydrogen (secondary N) is 1. The van der Waals surface area contributed by atoms with Crippen molar-refractivity contribution in [1.82, 2.24) is 5.32 Å². The zero-order chi connectivity index (χ0) is 20.8. The van der Waals surface area contributed by atoms with Crippen LogP contribution >= 0.6 is 0 Å². The molecule has 0 saturated heterocycles. The number of hydrogen-bond acceptors (Lipinski definition) is 3. The van der Waals surface area contributed by atoms with Crippen molar-refractivity contribution in [2.24, 2.45) is 0 Å². The monoisotopic (exact) mass is 391 g/mol. The third kappa shape index (κ3) is 5.13. The van der Waals surface area contributed by atoms with Crippen LogP contribution < -0.4 is 10.1 Å². The summed E-state index contributed by atoms with van der Waals surface area (Å²) in [6.45, 7) is 4.29. The van der Waals surface area contributed by atoms with Gasteiger partial charge in [0.15, 0.2) is 0 Å². The lowest BCUT2D eigenvalue weighted by atomic mass is 10.0. The molecule has 0 aromatic heterocycles. The molecule has 0 heterocycles. The van der Waals surface area contributed by atoms with Crippen LogP contribution in [0.3, 0.4) is 0 Å². The number of carboxylic acids is 1. The Morgan fingerprint density at radius 3 is 2.48 bits per heavy atom. The summed E-state index contributed by atoms with van der Waals surface area (Å²) in [5.41, 5.74) is 1.84. The first-order chi connectivity index (χ1) is 14.0. The quantitative estimate of drug-likeness (QED) is 0.590. The highest BCUT2D eigenvalue weighted by Crippen LogP contribution is 2.29. The van der Waals surface area contributed by atoms with E-state index in [1.807, 2.05) is 50.2 Å². The van der Waals surface area contributed by atoms with Gasteiger partial charge in [0.05, 0.1) is 11.7 Å². The number of carbonyl (C=O) groups excluding carboxylic acids is 1. The maximum Gasteiger partial charge on any atom is 0.335 e. The van der Waals surface area contributed by atoms with Gasteiger partial charge < -0.3 is 15.2 Å². The van der Waals surface area contributed by atoms with Gasteiger partial charge in [0.2, 0.25) is 5.91 Å². The van der Waals surface area contributed by atoms with E-state index in [-0.39, 0.29) is 24.0 Å². The van der Waals surface area contributed by atoms with E-state index in [4.69, 9.17) is 4.74 Å². The Morgan fingerprint density at radius 1 is 1.00 bits per heavy atom. The van der Waals surface area contributed by atoms with Crippen LogP contribution in [0.5, 0.6) is 5.75 Å². The van der Waals surface area contributed by atoms with Crippen LogP contribution in [0, 0.1) is 0 Å². The fourth-order valence-electron chi connectivity index (χ4n) is 3.33. The van der Waals surface area contributed by atoms with Crippen LogP contribution in [0.15, 0.2) is 60.7 Å². The van der Waals surface area contributed by atoms with Crippen LogP contribution in [0.1, 0.15) is 41.8 Å². The third-order valence-electron chi connectivity index (χ3n) is 4.69. The third-order valence-corrected chi connectivity index (χ3v) is 4.69. The van der Waals surface area contributed by atoms with Crippen LogP contribution in [0.4, 0.5) is 0 Å². The van der Waals surface area contributed by atoms with Crippen LogP contribution in [0.25, 0.3) is 10.8 Å². The normalized spacial score (nSPS) is 10.9. The van der Waals surface area contributed by atoms with Gasteiger partial charge in [-0.25, -0.2) is 4.79 Å². The van der Waals surface area contributed by atoms with Crippen molar-refractivity contribution in [2.45, 2.75) is 39.3 Å². The van der Waals surface area contributed by atoms with Gasteiger partial charge in [-0.1, -0.05) is 48.5 Å². The summed E-state index contributed by atoms with van der Waals surface area (Å²) in [5, 5.41) is 14.4. The summed E-state index contributed by atoms with van der Waals surface area (Å²) in [7, 11) is 0. The highest BCUT2D eigenvalue weighted by molar-refractivity contribution is 5.90. The topological polar surface area (TPSA) is 75.6 Å². The summed E-state index contributed by atoms with van der Waals surface area (Å²) in [6, 6.07) is 18.7. The number of carbonyl (C=O) groups is 2. The number of benzene rings is 3. The fourth-order valence-corrected chi connectivity index (χ4v) is 3.33. The molecule has 3 rings (SSSR count). The molecule has 0 spiro atoms. The van der Waals surface area contributed by atoms with Gasteiger partial charge in [-0.3, -0.25) is 4.79 Å². The highest BCUT2D eigenvalue weighted by Gasteiger charge is 2.13. The summed E-state index contributed by atoms with van der Waals surface area (Å²) < 4.78 is 5.94. The van der Waals surface area contributed by atoms with E-state index >= 15 is 0 Å². The predicted molar refractivity (Wildman–Crippen MR) is 113 cm³/mol. The number of fused-ring (bicyclic) bond motifs is 1. The van der Waals surface area contributed by atoms with Gasteiger partial charge in [0, 0.05) is 18.5 Å². The lowest BCUT2D eigenvalue weighted by Gasteiger charge is -2.17. The van der Waals surface area contributed by atoms with Crippen LogP contribution in [-0.4, -0.2) is 23.1 Å². The van der Waals surface area contributed by atoms with Crippen molar-refractivity contribution >= 4 is 22.6 Å². The maximum atomic E-state index is 12.4. The second-order valence-electron chi connectivity index (χ2n) is 7.17. The first-order valence-electron chi connectivity index (χ1n) is 9.71. The largest absolute Gasteiger partial charge is 0.491 e. The van der Waals surface area contributed by atoms with E-state index in [0.717, 1.165) is 22.1 Å². The lowest BCUT2D eigenvalue weighted by Crippen LogP contribution is -2.24. The molecule has 1 amide bonds. The van der Waals surface area contributed by atoms with Gasteiger partial charge in [0.1, 0.15) is 5.75 Å². The Kier molecular flexibility index (Phi) is 6.50. The molecule has 0 aliphatic rings. The maximum absolute atomic E-state index is 12.4. The number of amides is 1. The minimum Gasteiger partial charge on any atom is -0.491 e. The average Bonchev–Trinajstić information content (AvgIpc) is 2.71. The van der Waals surface area contributed by atoms with Crippen molar-refractivity contribution in [2.75, 3.05) is 0 Å². The van der Waals surface area contributed by atoms with Crippen molar-refractivity contribution in [3.8, 4) is 5.75 Å². The molecule has 0 aliphatic carbocycles. The molecule has 0 unspecified atom stereocenters. The Morgan fingerprint density at radius 2 is 1.72 bits per heavy atom. The number of aryl methyl sites for hydroxylation is 1. The number of hydrogen-bond donors (Lipinski definition) is 2. The van der Waals surface area contributed by atoms with Crippen LogP contribution in [0.2, 0.25) is 0 Å². The number of rotatable bonds is 8. The number of ether oxygens (including phenoxy) is 1. The minimum absolute atomic E-state index is 0.0261. The second-order valence-corrected chi connectivity index (χ2v) is 7.17. The van der Waals surface area contributed by atoms with Gasteiger partial charge in [-0.15, -0.1) is 0 Å². The molecule has 0 bridgehead atoms. The van der Waals surface area contributed by atoms with Crippen LogP contribution in [-0.2, 0) is 17.8 Å². The molecule has 0 saturated carbocycles.